The molecule has 0 bridgehead atoms. The first kappa shape index (κ1) is 12.6. The normalized spacial score (nSPS) is 28.3. The molecule has 102 valence electrons. The van der Waals surface area contributed by atoms with E-state index in [0.717, 1.165) is 25.1 Å². The van der Waals surface area contributed by atoms with E-state index in [1.165, 1.54) is 5.57 Å². The molecular formula is C15H20N2O2. The van der Waals surface area contributed by atoms with Crippen molar-refractivity contribution in [3.8, 4) is 0 Å². The predicted octanol–water partition coefficient (Wildman–Crippen LogP) is 0.876. The molecule has 0 aromatic carbocycles. The van der Waals surface area contributed by atoms with Crippen LogP contribution in [0.2, 0.25) is 0 Å². The molecule has 2 unspecified atom stereocenters. The number of hydrogen-bond acceptors (Lipinski definition) is 3. The van der Waals surface area contributed by atoms with Crippen molar-refractivity contribution in [1.29, 1.82) is 0 Å². The number of amides is 1. The fraction of sp³-hybridized carbons (Fsp3) is 0.533. The molecule has 2 atom stereocenters. The molecule has 2 aliphatic heterocycles. The number of rotatable bonds is 5. The summed E-state index contributed by atoms with van der Waals surface area (Å²) in [5.41, 5.74) is 2.16. The van der Waals surface area contributed by atoms with Gasteiger partial charge in [-0.1, -0.05) is 18.2 Å². The van der Waals surface area contributed by atoms with Crippen LogP contribution in [-0.4, -0.2) is 50.2 Å². The summed E-state index contributed by atoms with van der Waals surface area (Å²) in [5.74, 6) is 0.716. The first-order chi connectivity index (χ1) is 9.31. The van der Waals surface area contributed by atoms with Crippen molar-refractivity contribution in [1.82, 2.24) is 10.2 Å². The Morgan fingerprint density at radius 3 is 3.26 bits per heavy atom. The first-order valence-corrected chi connectivity index (χ1v) is 6.91. The van der Waals surface area contributed by atoms with Gasteiger partial charge in [0.05, 0.1) is 12.6 Å². The third kappa shape index (κ3) is 2.26. The van der Waals surface area contributed by atoms with Gasteiger partial charge in [0.25, 0.3) is 5.91 Å². The van der Waals surface area contributed by atoms with E-state index in [0.29, 0.717) is 25.1 Å². The zero-order valence-electron chi connectivity index (χ0n) is 11.3. The Labute approximate surface area is 113 Å². The summed E-state index contributed by atoms with van der Waals surface area (Å²) >= 11 is 0. The molecule has 2 heterocycles. The molecule has 0 aromatic heterocycles. The number of hydrogen-bond donors (Lipinski definition) is 1. The highest BCUT2D eigenvalue weighted by Crippen LogP contribution is 2.37. The largest absolute Gasteiger partial charge is 0.383 e. The average Bonchev–Trinajstić information content (AvgIpc) is 2.86. The Morgan fingerprint density at radius 1 is 1.53 bits per heavy atom. The van der Waals surface area contributed by atoms with E-state index in [9.17, 15) is 4.79 Å². The molecule has 3 rings (SSSR count). The minimum atomic E-state index is 0.199. The maximum atomic E-state index is 12.4. The Morgan fingerprint density at radius 2 is 2.42 bits per heavy atom. The highest BCUT2D eigenvalue weighted by atomic mass is 16.5. The van der Waals surface area contributed by atoms with Crippen molar-refractivity contribution in [2.24, 2.45) is 5.92 Å². The van der Waals surface area contributed by atoms with Crippen LogP contribution in [0.4, 0.5) is 0 Å². The van der Waals surface area contributed by atoms with Gasteiger partial charge in [-0.05, 0) is 18.1 Å². The Hall–Kier alpha value is -1.39. The van der Waals surface area contributed by atoms with Gasteiger partial charge in [0.15, 0.2) is 0 Å². The summed E-state index contributed by atoms with van der Waals surface area (Å²) in [6, 6.07) is 0.292. The van der Waals surface area contributed by atoms with Crippen molar-refractivity contribution in [2.75, 3.05) is 33.4 Å². The van der Waals surface area contributed by atoms with Crippen LogP contribution in [0.5, 0.6) is 0 Å². The van der Waals surface area contributed by atoms with Crippen molar-refractivity contribution >= 4 is 5.91 Å². The molecule has 1 aliphatic carbocycles. The van der Waals surface area contributed by atoms with Crippen LogP contribution >= 0.6 is 0 Å². The lowest BCUT2D eigenvalue weighted by Crippen LogP contribution is -2.45. The lowest BCUT2D eigenvalue weighted by atomic mass is 9.86. The van der Waals surface area contributed by atoms with Crippen LogP contribution in [0.1, 0.15) is 6.42 Å². The molecule has 0 spiro atoms. The smallest absolute Gasteiger partial charge is 0.251 e. The van der Waals surface area contributed by atoms with Crippen LogP contribution in [0, 0.1) is 5.92 Å². The fourth-order valence-corrected chi connectivity index (χ4v) is 3.19. The molecule has 4 heteroatoms. The summed E-state index contributed by atoms with van der Waals surface area (Å²) in [4.78, 5) is 14.5. The predicted molar refractivity (Wildman–Crippen MR) is 73.7 cm³/mol. The molecule has 0 radical (unpaired) electrons. The van der Waals surface area contributed by atoms with E-state index in [1.54, 1.807) is 7.11 Å². The molecule has 3 aliphatic rings. The van der Waals surface area contributed by atoms with Crippen LogP contribution in [0.25, 0.3) is 0 Å². The van der Waals surface area contributed by atoms with Gasteiger partial charge < -0.3 is 15.0 Å². The summed E-state index contributed by atoms with van der Waals surface area (Å²) in [6.07, 6.45) is 9.66. The van der Waals surface area contributed by atoms with Crippen LogP contribution in [0.15, 0.2) is 35.5 Å². The number of carbonyl (C=O) groups excluding carboxylic acids is 1. The van der Waals surface area contributed by atoms with Gasteiger partial charge >= 0.3 is 0 Å². The van der Waals surface area contributed by atoms with Crippen molar-refractivity contribution in [3.05, 3.63) is 35.5 Å². The van der Waals surface area contributed by atoms with Gasteiger partial charge in [0.2, 0.25) is 0 Å². The fourth-order valence-electron chi connectivity index (χ4n) is 3.19. The highest BCUT2D eigenvalue weighted by molar-refractivity contribution is 5.97. The van der Waals surface area contributed by atoms with Crippen LogP contribution in [0.3, 0.4) is 0 Å². The number of nitrogens with one attached hydrogen (secondary N) is 1. The van der Waals surface area contributed by atoms with Crippen molar-refractivity contribution in [2.45, 2.75) is 12.5 Å². The molecule has 0 saturated carbocycles. The van der Waals surface area contributed by atoms with Crippen LogP contribution in [-0.2, 0) is 9.53 Å². The minimum Gasteiger partial charge on any atom is -0.383 e. The number of ether oxygens (including phenoxy) is 1. The highest BCUT2D eigenvalue weighted by Gasteiger charge is 2.41. The molecule has 1 amide bonds. The van der Waals surface area contributed by atoms with E-state index >= 15 is 0 Å². The molecule has 19 heavy (non-hydrogen) atoms. The Balaban J connectivity index is 1.74. The summed E-state index contributed by atoms with van der Waals surface area (Å²) < 4.78 is 5.00. The monoisotopic (exact) mass is 260 g/mol. The molecule has 4 nitrogen and oxygen atoms in total. The van der Waals surface area contributed by atoms with Crippen molar-refractivity contribution in [3.63, 3.8) is 0 Å². The number of methoxy groups -OCH3 is 1. The van der Waals surface area contributed by atoms with E-state index in [1.807, 2.05) is 4.90 Å². The van der Waals surface area contributed by atoms with Crippen LogP contribution < -0.4 is 5.32 Å². The van der Waals surface area contributed by atoms with Gasteiger partial charge in [0, 0.05) is 38.2 Å². The van der Waals surface area contributed by atoms with Gasteiger partial charge in [0.1, 0.15) is 0 Å². The van der Waals surface area contributed by atoms with E-state index in [-0.39, 0.29) is 5.91 Å². The third-order valence-corrected chi connectivity index (χ3v) is 4.11. The maximum Gasteiger partial charge on any atom is 0.251 e. The van der Waals surface area contributed by atoms with Gasteiger partial charge in [-0.15, -0.1) is 0 Å². The number of allylic oxidation sites excluding steroid dienone is 2. The second kappa shape index (κ2) is 5.31. The summed E-state index contributed by atoms with van der Waals surface area (Å²) in [7, 11) is 1.68. The summed E-state index contributed by atoms with van der Waals surface area (Å²) in [6.45, 7) is 2.94. The maximum absolute atomic E-state index is 12.4. The molecule has 1 fully saturated rings. The SMILES string of the molecule is COCCNCC1=CC2=CC=CC3CCN(C1=O)C23. The topological polar surface area (TPSA) is 41.6 Å². The standard InChI is InChI=1S/C15H20N2O2/c1-19-8-6-16-10-13-9-12-4-2-3-11-5-7-17(14(11)12)15(13)18/h2-4,9,11,14,16H,5-8,10H2,1H3. The Kier molecular flexibility index (Phi) is 3.53. The first-order valence-electron chi connectivity index (χ1n) is 6.91. The zero-order chi connectivity index (χ0) is 13.2. The average molecular weight is 260 g/mol. The Bertz CT molecular complexity index is 465. The minimum absolute atomic E-state index is 0.199. The van der Waals surface area contributed by atoms with E-state index in [4.69, 9.17) is 4.74 Å². The van der Waals surface area contributed by atoms with E-state index < -0.39 is 0 Å². The molecule has 1 saturated heterocycles. The van der Waals surface area contributed by atoms with Gasteiger partial charge in [-0.3, -0.25) is 4.79 Å². The lowest BCUT2D eigenvalue weighted by molar-refractivity contribution is -0.128. The second-order valence-corrected chi connectivity index (χ2v) is 5.29. The van der Waals surface area contributed by atoms with E-state index in [2.05, 4.69) is 29.6 Å². The molecule has 1 N–H and O–H groups in total. The van der Waals surface area contributed by atoms with Crippen molar-refractivity contribution < 1.29 is 9.53 Å². The molecule has 0 aromatic rings. The van der Waals surface area contributed by atoms with Gasteiger partial charge in [-0.25, -0.2) is 0 Å². The zero-order valence-corrected chi connectivity index (χ0v) is 11.3. The molecular weight excluding hydrogens is 240 g/mol. The second-order valence-electron chi connectivity index (χ2n) is 5.29. The lowest BCUT2D eigenvalue weighted by Gasteiger charge is -2.34. The number of nitrogens with zero attached hydrogens (tertiary/aromatic N) is 1. The van der Waals surface area contributed by atoms with Gasteiger partial charge in [-0.2, -0.15) is 0 Å². The number of carbonyl (C=O) groups is 1. The quantitative estimate of drug-likeness (QED) is 0.746. The summed E-state index contributed by atoms with van der Waals surface area (Å²) in [5, 5.41) is 3.25. The third-order valence-electron chi connectivity index (χ3n) is 4.11.